The lowest BCUT2D eigenvalue weighted by Crippen LogP contribution is -2.27. The normalized spacial score (nSPS) is 12.0. The Kier molecular flexibility index (Phi) is 3.73. The molecule has 0 amide bonds. The van der Waals surface area contributed by atoms with Crippen LogP contribution in [0.3, 0.4) is 0 Å². The van der Waals surface area contributed by atoms with Crippen LogP contribution >= 0.6 is 0 Å². The third-order valence-electron chi connectivity index (χ3n) is 2.80. The predicted molar refractivity (Wildman–Crippen MR) is 70.6 cm³/mol. The van der Waals surface area contributed by atoms with Crippen molar-refractivity contribution >= 4 is 15.7 Å². The van der Waals surface area contributed by atoms with E-state index in [-0.39, 0.29) is 22.7 Å². The topological polar surface area (TPSA) is 105 Å². The first kappa shape index (κ1) is 14.4. The van der Waals surface area contributed by atoms with E-state index in [1.54, 1.807) is 0 Å². The molecule has 1 aromatic heterocycles. The molecular formula is C11H14FN5O2S. The van der Waals surface area contributed by atoms with Crippen molar-refractivity contribution in [2.75, 3.05) is 12.8 Å². The maximum Gasteiger partial charge on any atom is 0.243 e. The summed E-state index contributed by atoms with van der Waals surface area (Å²) in [5.41, 5.74) is 5.45. The molecule has 0 bridgehead atoms. The number of hydrogen-bond donors (Lipinski definition) is 2. The van der Waals surface area contributed by atoms with Gasteiger partial charge in [-0.15, -0.1) is 0 Å². The molecule has 2 rings (SSSR count). The summed E-state index contributed by atoms with van der Waals surface area (Å²) >= 11 is 0. The van der Waals surface area contributed by atoms with E-state index in [9.17, 15) is 12.8 Å². The summed E-state index contributed by atoms with van der Waals surface area (Å²) < 4.78 is 39.3. The van der Waals surface area contributed by atoms with Gasteiger partial charge in [0.25, 0.3) is 0 Å². The molecule has 0 saturated heterocycles. The number of halogens is 1. The average Bonchev–Trinajstić information content (AvgIpc) is 2.88. The maximum atomic E-state index is 13.4. The van der Waals surface area contributed by atoms with E-state index in [0.29, 0.717) is 5.82 Å². The van der Waals surface area contributed by atoms with Gasteiger partial charge in [0.1, 0.15) is 18.0 Å². The number of benzene rings is 1. The Balaban J connectivity index is 2.35. The van der Waals surface area contributed by atoms with Crippen molar-refractivity contribution in [2.45, 2.75) is 18.4 Å². The number of aromatic amines is 1. The minimum absolute atomic E-state index is 0.0265. The number of aromatic nitrogens is 3. The van der Waals surface area contributed by atoms with Crippen LogP contribution in [0, 0.1) is 12.7 Å². The van der Waals surface area contributed by atoms with E-state index in [0.717, 1.165) is 10.4 Å². The van der Waals surface area contributed by atoms with Crippen molar-refractivity contribution in [1.29, 1.82) is 0 Å². The number of nitrogens with one attached hydrogen (secondary N) is 1. The summed E-state index contributed by atoms with van der Waals surface area (Å²) in [5.74, 6) is -0.204. The molecule has 0 radical (unpaired) electrons. The van der Waals surface area contributed by atoms with Crippen molar-refractivity contribution in [3.8, 4) is 0 Å². The zero-order valence-electron chi connectivity index (χ0n) is 11.0. The second kappa shape index (κ2) is 5.17. The van der Waals surface area contributed by atoms with Crippen LogP contribution in [-0.4, -0.2) is 35.0 Å². The summed E-state index contributed by atoms with van der Waals surface area (Å²) in [6.45, 7) is 1.49. The number of H-pyrrole nitrogens is 1. The summed E-state index contributed by atoms with van der Waals surface area (Å²) in [4.78, 5) is 3.80. The highest BCUT2D eigenvalue weighted by Gasteiger charge is 2.23. The van der Waals surface area contributed by atoms with E-state index in [1.807, 2.05) is 0 Å². The van der Waals surface area contributed by atoms with Gasteiger partial charge in [-0.3, -0.25) is 5.10 Å². The summed E-state index contributed by atoms with van der Waals surface area (Å²) in [5, 5.41) is 6.21. The van der Waals surface area contributed by atoms with Crippen LogP contribution in [0.5, 0.6) is 0 Å². The molecule has 7 nitrogen and oxygen atoms in total. The van der Waals surface area contributed by atoms with Gasteiger partial charge < -0.3 is 5.73 Å². The van der Waals surface area contributed by atoms with Gasteiger partial charge in [-0.2, -0.15) is 9.40 Å². The monoisotopic (exact) mass is 299 g/mol. The SMILES string of the molecule is Cc1cc(S(=O)(=O)N(C)Cc2ncn[nH]2)cc(N)c1F. The number of aryl methyl sites for hydroxylation is 1. The fourth-order valence-corrected chi connectivity index (χ4v) is 2.95. The fourth-order valence-electron chi connectivity index (χ4n) is 1.69. The Hall–Kier alpha value is -2.00. The van der Waals surface area contributed by atoms with Gasteiger partial charge in [0, 0.05) is 7.05 Å². The van der Waals surface area contributed by atoms with Gasteiger partial charge in [0.05, 0.1) is 17.1 Å². The van der Waals surface area contributed by atoms with Crippen molar-refractivity contribution in [3.63, 3.8) is 0 Å². The number of sulfonamides is 1. The van der Waals surface area contributed by atoms with Crippen LogP contribution in [-0.2, 0) is 16.6 Å². The highest BCUT2D eigenvalue weighted by atomic mass is 32.2. The number of nitrogens with zero attached hydrogens (tertiary/aromatic N) is 3. The highest BCUT2D eigenvalue weighted by molar-refractivity contribution is 7.89. The molecule has 1 heterocycles. The molecule has 20 heavy (non-hydrogen) atoms. The van der Waals surface area contributed by atoms with E-state index in [1.165, 1.54) is 26.4 Å². The first-order valence-corrected chi connectivity index (χ1v) is 7.12. The van der Waals surface area contributed by atoms with Crippen LogP contribution < -0.4 is 5.73 Å². The first-order valence-electron chi connectivity index (χ1n) is 5.68. The second-order valence-corrected chi connectivity index (χ2v) is 6.38. The van der Waals surface area contributed by atoms with Gasteiger partial charge in [-0.25, -0.2) is 17.8 Å². The molecule has 9 heteroatoms. The lowest BCUT2D eigenvalue weighted by molar-refractivity contribution is 0.457. The molecule has 108 valence electrons. The second-order valence-electron chi connectivity index (χ2n) is 4.34. The minimum Gasteiger partial charge on any atom is -0.396 e. The van der Waals surface area contributed by atoms with Crippen molar-refractivity contribution in [2.24, 2.45) is 0 Å². The molecule has 3 N–H and O–H groups in total. The molecule has 0 atom stereocenters. The largest absolute Gasteiger partial charge is 0.396 e. The lowest BCUT2D eigenvalue weighted by atomic mass is 10.2. The van der Waals surface area contributed by atoms with Crippen LogP contribution in [0.2, 0.25) is 0 Å². The average molecular weight is 299 g/mol. The molecule has 0 aliphatic carbocycles. The van der Waals surface area contributed by atoms with Crippen molar-refractivity contribution < 1.29 is 12.8 Å². The fraction of sp³-hybridized carbons (Fsp3) is 0.273. The predicted octanol–water partition coefficient (Wildman–Crippen LogP) is 0.655. The number of hydrogen-bond acceptors (Lipinski definition) is 5. The molecule has 0 fully saturated rings. The standard InChI is InChI=1S/C11H14FN5O2S/c1-7-3-8(4-9(13)11(7)12)20(18,19)17(2)5-10-14-6-15-16-10/h3-4,6H,5,13H2,1-2H3,(H,14,15,16). The van der Waals surface area contributed by atoms with Gasteiger partial charge in [-0.05, 0) is 24.6 Å². The molecule has 0 aliphatic heterocycles. The summed E-state index contributed by atoms with van der Waals surface area (Å²) in [6, 6.07) is 2.35. The van der Waals surface area contributed by atoms with Crippen LogP contribution in [0.25, 0.3) is 0 Å². The molecule has 0 unspecified atom stereocenters. The maximum absolute atomic E-state index is 13.4. The minimum atomic E-state index is -3.78. The number of anilines is 1. The Morgan fingerprint density at radius 2 is 2.15 bits per heavy atom. The van der Waals surface area contributed by atoms with Crippen LogP contribution in [0.4, 0.5) is 10.1 Å². The summed E-state index contributed by atoms with van der Waals surface area (Å²) in [7, 11) is -2.38. The lowest BCUT2D eigenvalue weighted by Gasteiger charge is -2.16. The third kappa shape index (κ3) is 2.63. The Bertz CT molecular complexity index is 691. The van der Waals surface area contributed by atoms with Gasteiger partial charge >= 0.3 is 0 Å². The molecule has 1 aromatic carbocycles. The van der Waals surface area contributed by atoms with Crippen molar-refractivity contribution in [1.82, 2.24) is 19.5 Å². The van der Waals surface area contributed by atoms with E-state index >= 15 is 0 Å². The van der Waals surface area contributed by atoms with Gasteiger partial charge in [-0.1, -0.05) is 0 Å². The summed E-state index contributed by atoms with van der Waals surface area (Å²) in [6.07, 6.45) is 1.29. The third-order valence-corrected chi connectivity index (χ3v) is 4.58. The zero-order valence-corrected chi connectivity index (χ0v) is 11.8. The number of nitrogen functional groups attached to an aromatic ring is 1. The van der Waals surface area contributed by atoms with E-state index < -0.39 is 15.8 Å². The highest BCUT2D eigenvalue weighted by Crippen LogP contribution is 2.23. The van der Waals surface area contributed by atoms with Gasteiger partial charge in [0.2, 0.25) is 10.0 Å². The molecular weight excluding hydrogens is 285 g/mol. The molecule has 0 aliphatic rings. The van der Waals surface area contributed by atoms with Gasteiger partial charge in [0.15, 0.2) is 0 Å². The smallest absolute Gasteiger partial charge is 0.243 e. The van der Waals surface area contributed by atoms with E-state index in [2.05, 4.69) is 15.2 Å². The number of rotatable bonds is 4. The number of nitrogens with two attached hydrogens (primary N) is 1. The zero-order chi connectivity index (χ0) is 14.9. The quantitative estimate of drug-likeness (QED) is 0.807. The first-order chi connectivity index (χ1) is 9.32. The molecule has 2 aromatic rings. The van der Waals surface area contributed by atoms with E-state index in [4.69, 9.17) is 5.73 Å². The van der Waals surface area contributed by atoms with Crippen LogP contribution in [0.1, 0.15) is 11.4 Å². The van der Waals surface area contributed by atoms with Crippen molar-refractivity contribution in [3.05, 3.63) is 35.7 Å². The molecule has 0 spiro atoms. The van der Waals surface area contributed by atoms with Crippen LogP contribution in [0.15, 0.2) is 23.4 Å². The Morgan fingerprint density at radius 1 is 1.45 bits per heavy atom. The Morgan fingerprint density at radius 3 is 2.70 bits per heavy atom. The molecule has 0 saturated carbocycles. The Labute approximate surface area is 115 Å².